The number of rotatable bonds is 13. The molecule has 0 aliphatic carbocycles. The molecule has 0 radical (unpaired) electrons. The Morgan fingerprint density at radius 1 is 0.840 bits per heavy atom. The summed E-state index contributed by atoms with van der Waals surface area (Å²) in [6.45, 7) is 13.6. The lowest BCUT2D eigenvalue weighted by Crippen LogP contribution is -2.55. The van der Waals surface area contributed by atoms with Gasteiger partial charge in [-0.25, -0.2) is 4.59 Å². The fourth-order valence-electron chi connectivity index (χ4n) is 3.16. The van der Waals surface area contributed by atoms with Gasteiger partial charge in [-0.05, 0) is 50.9 Å². The van der Waals surface area contributed by atoms with Gasteiger partial charge in [-0.3, -0.25) is 0 Å². The molecule has 1 rings (SSSR count). The van der Waals surface area contributed by atoms with Crippen LogP contribution in [-0.4, -0.2) is 45.2 Å². The smallest absolute Gasteiger partial charge is 0.151 e. The number of aryl methyl sites for hydroxylation is 2. The van der Waals surface area contributed by atoms with E-state index in [9.17, 15) is 0 Å². The SMILES string of the molecule is CCCCCN(CCCCC)CCN[N+](C)(C)c1ccc(C)c(C)c1. The summed E-state index contributed by atoms with van der Waals surface area (Å²) in [5, 5.41) is 0. The standard InChI is InChI=1S/C22H42N3/c1-7-9-11-16-24(17-12-10-8-2)18-15-23-25(5,6)22-14-13-20(3)21(4)19-22/h13-14,19,23H,7-12,15-18H2,1-6H3/q+1. The minimum atomic E-state index is 0.735. The molecule has 0 aliphatic heterocycles. The van der Waals surface area contributed by atoms with Crippen LogP contribution in [-0.2, 0) is 0 Å². The van der Waals surface area contributed by atoms with Crippen molar-refractivity contribution >= 4 is 5.69 Å². The Balaban J connectivity index is 2.51. The molecule has 25 heavy (non-hydrogen) atoms. The van der Waals surface area contributed by atoms with Crippen molar-refractivity contribution < 1.29 is 0 Å². The van der Waals surface area contributed by atoms with Crippen molar-refractivity contribution in [2.75, 3.05) is 40.3 Å². The first kappa shape index (κ1) is 22.1. The van der Waals surface area contributed by atoms with E-state index in [4.69, 9.17) is 0 Å². The van der Waals surface area contributed by atoms with E-state index in [1.165, 1.54) is 68.4 Å². The van der Waals surface area contributed by atoms with Crippen LogP contribution >= 0.6 is 0 Å². The topological polar surface area (TPSA) is 15.3 Å². The number of quaternary nitrogens is 1. The van der Waals surface area contributed by atoms with Crippen LogP contribution in [0.5, 0.6) is 0 Å². The number of benzene rings is 1. The van der Waals surface area contributed by atoms with Gasteiger partial charge in [0, 0.05) is 18.7 Å². The number of hydrogen-bond acceptors (Lipinski definition) is 2. The van der Waals surface area contributed by atoms with Gasteiger partial charge in [-0.2, -0.15) is 5.43 Å². The van der Waals surface area contributed by atoms with Crippen LogP contribution in [0, 0.1) is 13.8 Å². The molecule has 1 aromatic rings. The van der Waals surface area contributed by atoms with Crippen molar-refractivity contribution in [2.24, 2.45) is 0 Å². The maximum Gasteiger partial charge on any atom is 0.151 e. The summed E-state index contributed by atoms with van der Waals surface area (Å²) in [5.41, 5.74) is 7.78. The van der Waals surface area contributed by atoms with E-state index in [0.717, 1.165) is 17.7 Å². The van der Waals surface area contributed by atoms with Crippen LogP contribution in [0.2, 0.25) is 0 Å². The summed E-state index contributed by atoms with van der Waals surface area (Å²) in [7, 11) is 4.48. The Bertz CT molecular complexity index is 472. The van der Waals surface area contributed by atoms with Gasteiger partial charge in [0.2, 0.25) is 0 Å². The summed E-state index contributed by atoms with van der Waals surface area (Å²) in [6, 6.07) is 6.78. The Morgan fingerprint density at radius 2 is 1.44 bits per heavy atom. The highest BCUT2D eigenvalue weighted by Crippen LogP contribution is 2.20. The molecule has 1 N–H and O–H groups in total. The first-order valence-electron chi connectivity index (χ1n) is 10.3. The normalized spacial score (nSPS) is 12.1. The molecule has 0 unspecified atom stereocenters. The van der Waals surface area contributed by atoms with Gasteiger partial charge in [0.25, 0.3) is 0 Å². The largest absolute Gasteiger partial charge is 0.302 e. The predicted molar refractivity (Wildman–Crippen MR) is 113 cm³/mol. The Hall–Kier alpha value is -0.900. The summed E-state index contributed by atoms with van der Waals surface area (Å²) in [6.07, 6.45) is 7.97. The van der Waals surface area contributed by atoms with Crippen LogP contribution < -0.4 is 10.0 Å². The Labute approximate surface area is 157 Å². The van der Waals surface area contributed by atoms with Crippen LogP contribution in [0.25, 0.3) is 0 Å². The predicted octanol–water partition coefficient (Wildman–Crippen LogP) is 5.06. The zero-order valence-electron chi connectivity index (χ0n) is 17.7. The van der Waals surface area contributed by atoms with Gasteiger partial charge < -0.3 is 4.90 Å². The summed E-state index contributed by atoms with van der Waals surface area (Å²) in [5.74, 6) is 0. The number of nitrogens with one attached hydrogen (secondary N) is 1. The first-order chi connectivity index (χ1) is 11.9. The maximum atomic E-state index is 3.73. The van der Waals surface area contributed by atoms with Crippen LogP contribution in [0.15, 0.2) is 18.2 Å². The van der Waals surface area contributed by atoms with Crippen LogP contribution in [0.1, 0.15) is 63.5 Å². The molecule has 3 heteroatoms. The van der Waals surface area contributed by atoms with E-state index in [0.29, 0.717) is 0 Å². The van der Waals surface area contributed by atoms with Crippen molar-refractivity contribution in [1.29, 1.82) is 0 Å². The molecule has 0 saturated carbocycles. The highest BCUT2D eigenvalue weighted by atomic mass is 15.6. The average molecular weight is 349 g/mol. The molecule has 0 aromatic heterocycles. The maximum absolute atomic E-state index is 3.73. The molecule has 144 valence electrons. The van der Waals surface area contributed by atoms with E-state index in [1.54, 1.807) is 0 Å². The monoisotopic (exact) mass is 348 g/mol. The van der Waals surface area contributed by atoms with Crippen LogP contribution in [0.3, 0.4) is 0 Å². The Morgan fingerprint density at radius 3 is 1.96 bits per heavy atom. The number of nitrogens with zero attached hydrogens (tertiary/aromatic N) is 2. The number of unbranched alkanes of at least 4 members (excludes halogenated alkanes) is 4. The molecular weight excluding hydrogens is 306 g/mol. The zero-order chi connectivity index (χ0) is 18.7. The van der Waals surface area contributed by atoms with Gasteiger partial charge in [0.1, 0.15) is 0 Å². The van der Waals surface area contributed by atoms with E-state index >= 15 is 0 Å². The minimum Gasteiger partial charge on any atom is -0.302 e. The highest BCUT2D eigenvalue weighted by Gasteiger charge is 2.19. The fraction of sp³-hybridized carbons (Fsp3) is 0.727. The van der Waals surface area contributed by atoms with E-state index < -0.39 is 0 Å². The molecule has 1 aromatic carbocycles. The molecule has 3 nitrogen and oxygen atoms in total. The third-order valence-electron chi connectivity index (χ3n) is 5.23. The van der Waals surface area contributed by atoms with Crippen molar-refractivity contribution in [1.82, 2.24) is 14.9 Å². The van der Waals surface area contributed by atoms with Crippen molar-refractivity contribution in [2.45, 2.75) is 66.2 Å². The molecule has 0 aliphatic rings. The van der Waals surface area contributed by atoms with Crippen LogP contribution in [0.4, 0.5) is 5.69 Å². The van der Waals surface area contributed by atoms with Crippen molar-refractivity contribution in [3.8, 4) is 0 Å². The quantitative estimate of drug-likeness (QED) is 0.304. The van der Waals surface area contributed by atoms with Crippen molar-refractivity contribution in [3.05, 3.63) is 29.3 Å². The summed E-state index contributed by atoms with van der Waals surface area (Å²) >= 11 is 0. The molecular formula is C22H42N3+. The highest BCUT2D eigenvalue weighted by molar-refractivity contribution is 5.46. The lowest BCUT2D eigenvalue weighted by Gasteiger charge is -2.31. The zero-order valence-corrected chi connectivity index (χ0v) is 17.7. The average Bonchev–Trinajstić information content (AvgIpc) is 2.57. The lowest BCUT2D eigenvalue weighted by atomic mass is 10.1. The van der Waals surface area contributed by atoms with E-state index in [-0.39, 0.29) is 0 Å². The Kier molecular flexibility index (Phi) is 10.3. The minimum absolute atomic E-state index is 0.735. The molecule has 0 fully saturated rings. The first-order valence-corrected chi connectivity index (χ1v) is 10.3. The van der Waals surface area contributed by atoms with Gasteiger partial charge in [-0.15, -0.1) is 0 Å². The fourth-order valence-corrected chi connectivity index (χ4v) is 3.16. The molecule has 0 amide bonds. The molecule has 0 saturated heterocycles. The third-order valence-corrected chi connectivity index (χ3v) is 5.23. The summed E-state index contributed by atoms with van der Waals surface area (Å²) in [4.78, 5) is 2.65. The molecule has 0 bridgehead atoms. The number of hydrogen-bond donors (Lipinski definition) is 1. The molecule has 0 spiro atoms. The van der Waals surface area contributed by atoms with Crippen molar-refractivity contribution in [3.63, 3.8) is 0 Å². The third kappa shape index (κ3) is 8.35. The van der Waals surface area contributed by atoms with E-state index in [1.807, 2.05) is 0 Å². The molecule has 0 heterocycles. The lowest BCUT2D eigenvalue weighted by molar-refractivity contribution is 0.222. The van der Waals surface area contributed by atoms with Gasteiger partial charge in [0.15, 0.2) is 5.69 Å². The summed E-state index contributed by atoms with van der Waals surface area (Å²) < 4.78 is 0.735. The second-order valence-corrected chi connectivity index (χ2v) is 7.89. The van der Waals surface area contributed by atoms with E-state index in [2.05, 4.69) is 70.3 Å². The second-order valence-electron chi connectivity index (χ2n) is 7.89. The van der Waals surface area contributed by atoms with Gasteiger partial charge in [-0.1, -0.05) is 45.6 Å². The van der Waals surface area contributed by atoms with Gasteiger partial charge in [0.05, 0.1) is 20.6 Å². The second kappa shape index (κ2) is 11.7. The molecule has 0 atom stereocenters. The van der Waals surface area contributed by atoms with Gasteiger partial charge >= 0.3 is 0 Å².